The lowest BCUT2D eigenvalue weighted by atomic mass is 9.74. The highest BCUT2D eigenvalue weighted by molar-refractivity contribution is 7.98. The van der Waals surface area contributed by atoms with E-state index in [2.05, 4.69) is 10.3 Å². The third kappa shape index (κ3) is 13.9. The van der Waals surface area contributed by atoms with Crippen LogP contribution in [0.4, 0.5) is 0 Å². The van der Waals surface area contributed by atoms with Gasteiger partial charge < -0.3 is 21.1 Å². The molecule has 0 saturated heterocycles. The first-order chi connectivity index (χ1) is 13.6. The maximum absolute atomic E-state index is 12.7. The van der Waals surface area contributed by atoms with Crippen LogP contribution in [0.5, 0.6) is 0 Å². The quantitative estimate of drug-likeness (QED) is 0.0580. The summed E-state index contributed by atoms with van der Waals surface area (Å²) in [4.78, 5) is 38.9. The second kappa shape index (κ2) is 15.0. The fourth-order valence-electron chi connectivity index (χ4n) is 2.65. The number of aliphatic imine (C=N–C) groups is 1. The first kappa shape index (κ1) is 27.1. The Morgan fingerprint density at radius 1 is 1.34 bits per heavy atom. The zero-order valence-corrected chi connectivity index (χ0v) is 18.0. The molecule has 6 N–H and O–H groups in total. The number of carbonyl (C=O) groups is 2. The van der Waals surface area contributed by atoms with Crippen molar-refractivity contribution in [3.63, 3.8) is 0 Å². The second-order valence-corrected chi connectivity index (χ2v) is 8.10. The molecule has 1 amide bonds. The Morgan fingerprint density at radius 2 is 2.00 bits per heavy atom. The smallest absolute Gasteiger partial charge is 0.426 e. The SMILES string of the molecule is CSCCC(=O)C[C@@H](CCCN=C(N)N[N+](=O)[O-])C(=O)N[C@@H](CC(C)C)B(O)O. The molecule has 0 aromatic heterocycles. The van der Waals surface area contributed by atoms with Gasteiger partial charge in [-0.15, -0.1) is 0 Å². The fourth-order valence-corrected chi connectivity index (χ4v) is 3.08. The first-order valence-corrected chi connectivity index (χ1v) is 10.8. The number of nitrogens with zero attached hydrogens (tertiary/aromatic N) is 2. The molecule has 0 aliphatic carbocycles. The molecule has 0 aliphatic rings. The maximum atomic E-state index is 12.7. The van der Waals surface area contributed by atoms with Crippen molar-refractivity contribution in [2.24, 2.45) is 22.6 Å². The van der Waals surface area contributed by atoms with E-state index in [9.17, 15) is 29.8 Å². The Balaban J connectivity index is 4.95. The molecule has 0 saturated carbocycles. The van der Waals surface area contributed by atoms with Gasteiger partial charge >= 0.3 is 7.12 Å². The standard InChI is InChI=1S/C16H32BN5O6S/c1-11(2)9-14(17(25)26)20-15(24)12(10-13(23)6-8-29-3)5-4-7-19-16(18)21-22(27)28/h11-12,14,25-26H,4-10H2,1-3H3,(H,20,24)(H3,18,19,21)/t12-,14+/m1/s1. The summed E-state index contributed by atoms with van der Waals surface area (Å²) in [7, 11) is -1.70. The molecule has 29 heavy (non-hydrogen) atoms. The van der Waals surface area contributed by atoms with Crippen LogP contribution in [0.1, 0.15) is 46.0 Å². The minimum atomic E-state index is -1.70. The molecule has 0 fully saturated rings. The Kier molecular flexibility index (Phi) is 14.1. The summed E-state index contributed by atoms with van der Waals surface area (Å²) in [5.74, 6) is -1.51. The van der Waals surface area contributed by atoms with Crippen molar-refractivity contribution < 1.29 is 24.7 Å². The van der Waals surface area contributed by atoms with Crippen molar-refractivity contribution in [3.05, 3.63) is 10.1 Å². The Bertz CT molecular complexity index is 564. The highest BCUT2D eigenvalue weighted by Gasteiger charge is 2.29. The van der Waals surface area contributed by atoms with Gasteiger partial charge in [-0.25, -0.2) is 15.1 Å². The third-order valence-electron chi connectivity index (χ3n) is 4.04. The van der Waals surface area contributed by atoms with Crippen LogP contribution in [0.15, 0.2) is 4.99 Å². The van der Waals surface area contributed by atoms with E-state index >= 15 is 0 Å². The van der Waals surface area contributed by atoms with Crippen molar-refractivity contribution in [1.82, 2.24) is 10.7 Å². The normalized spacial score (nSPS) is 13.7. The summed E-state index contributed by atoms with van der Waals surface area (Å²) in [5.41, 5.74) is 7.06. The molecule has 0 aromatic carbocycles. The van der Waals surface area contributed by atoms with Crippen LogP contribution in [0.2, 0.25) is 0 Å². The Hall–Kier alpha value is -1.86. The zero-order valence-electron chi connectivity index (χ0n) is 17.2. The van der Waals surface area contributed by atoms with E-state index in [4.69, 9.17) is 5.73 Å². The molecule has 13 heteroatoms. The zero-order chi connectivity index (χ0) is 22.4. The number of hydrogen-bond acceptors (Lipinski definition) is 8. The lowest BCUT2D eigenvalue weighted by Crippen LogP contribution is -2.49. The Morgan fingerprint density at radius 3 is 2.52 bits per heavy atom. The van der Waals surface area contributed by atoms with Crippen molar-refractivity contribution in [3.8, 4) is 0 Å². The van der Waals surface area contributed by atoms with Gasteiger partial charge in [-0.05, 0) is 37.2 Å². The van der Waals surface area contributed by atoms with Crippen LogP contribution in [0.3, 0.4) is 0 Å². The van der Waals surface area contributed by atoms with E-state index in [0.29, 0.717) is 31.4 Å². The number of ketones is 1. The first-order valence-electron chi connectivity index (χ1n) is 9.44. The molecule has 166 valence electrons. The number of nitrogens with two attached hydrogens (primary N) is 1. The van der Waals surface area contributed by atoms with Gasteiger partial charge in [0.05, 0.1) is 5.94 Å². The summed E-state index contributed by atoms with van der Waals surface area (Å²) in [6.45, 7) is 3.94. The van der Waals surface area contributed by atoms with Gasteiger partial charge in [0.25, 0.3) is 5.96 Å². The maximum Gasteiger partial charge on any atom is 0.475 e. The molecule has 0 rings (SSSR count). The average Bonchev–Trinajstić information content (AvgIpc) is 2.60. The minimum absolute atomic E-state index is 0.0364. The summed E-state index contributed by atoms with van der Waals surface area (Å²) in [5, 5.41) is 31.1. The number of nitro groups is 1. The number of Topliss-reactive ketones (excluding diaryl/α,β-unsaturated/α-hetero) is 1. The van der Waals surface area contributed by atoms with Gasteiger partial charge in [-0.3, -0.25) is 9.59 Å². The van der Waals surface area contributed by atoms with Crippen molar-refractivity contribution in [2.45, 2.75) is 51.9 Å². The monoisotopic (exact) mass is 433 g/mol. The van der Waals surface area contributed by atoms with E-state index in [1.54, 1.807) is 5.43 Å². The summed E-state index contributed by atoms with van der Waals surface area (Å²) in [6, 6.07) is 0. The molecule has 0 spiro atoms. The number of hydrogen-bond donors (Lipinski definition) is 5. The number of guanidine groups is 1. The van der Waals surface area contributed by atoms with E-state index in [-0.39, 0.29) is 30.6 Å². The van der Waals surface area contributed by atoms with E-state index in [1.807, 2.05) is 20.1 Å². The van der Waals surface area contributed by atoms with Crippen LogP contribution >= 0.6 is 11.8 Å². The second-order valence-electron chi connectivity index (χ2n) is 7.12. The fraction of sp³-hybridized carbons (Fsp3) is 0.812. The predicted molar refractivity (Wildman–Crippen MR) is 114 cm³/mol. The molecule has 0 radical (unpaired) electrons. The molecule has 0 aliphatic heterocycles. The largest absolute Gasteiger partial charge is 0.475 e. The van der Waals surface area contributed by atoms with Gasteiger partial charge in [-0.2, -0.15) is 11.8 Å². The van der Waals surface area contributed by atoms with Crippen LogP contribution in [0, 0.1) is 22.0 Å². The van der Waals surface area contributed by atoms with E-state index in [0.717, 1.165) is 0 Å². The molecule has 0 aromatic rings. The number of rotatable bonds is 15. The van der Waals surface area contributed by atoms with E-state index < -0.39 is 29.9 Å². The molecule has 0 heterocycles. The molecule has 0 bridgehead atoms. The van der Waals surface area contributed by atoms with Gasteiger partial charge in [0.2, 0.25) is 5.91 Å². The molecule has 0 unspecified atom stereocenters. The lowest BCUT2D eigenvalue weighted by molar-refractivity contribution is -0.525. The number of hydrazine groups is 1. The van der Waals surface area contributed by atoms with Crippen LogP contribution in [0.25, 0.3) is 0 Å². The summed E-state index contributed by atoms with van der Waals surface area (Å²) in [6.07, 6.45) is 3.34. The summed E-state index contributed by atoms with van der Waals surface area (Å²) >= 11 is 1.54. The average molecular weight is 433 g/mol. The van der Waals surface area contributed by atoms with Crippen molar-refractivity contribution in [1.29, 1.82) is 0 Å². The Labute approximate surface area is 175 Å². The minimum Gasteiger partial charge on any atom is -0.426 e. The third-order valence-corrected chi connectivity index (χ3v) is 4.65. The topological polar surface area (TPSA) is 180 Å². The van der Waals surface area contributed by atoms with Crippen molar-refractivity contribution >= 4 is 36.5 Å². The van der Waals surface area contributed by atoms with Gasteiger partial charge in [0, 0.05) is 25.3 Å². The molecule has 11 nitrogen and oxygen atoms in total. The number of thioether (sulfide) groups is 1. The highest BCUT2D eigenvalue weighted by Crippen LogP contribution is 2.16. The molecular formula is C16H32BN5O6S. The highest BCUT2D eigenvalue weighted by atomic mass is 32.2. The predicted octanol–water partition coefficient (Wildman–Crippen LogP) is -0.266. The molecule has 2 atom stereocenters. The lowest BCUT2D eigenvalue weighted by Gasteiger charge is -2.23. The molecular weight excluding hydrogens is 401 g/mol. The summed E-state index contributed by atoms with van der Waals surface area (Å²) < 4.78 is 0. The van der Waals surface area contributed by atoms with E-state index in [1.165, 1.54) is 11.8 Å². The van der Waals surface area contributed by atoms with Crippen LogP contribution < -0.4 is 16.5 Å². The van der Waals surface area contributed by atoms with Gasteiger partial charge in [0.15, 0.2) is 5.03 Å². The number of carbonyl (C=O) groups excluding carboxylic acids is 2. The van der Waals surface area contributed by atoms with Gasteiger partial charge in [0.1, 0.15) is 5.78 Å². The van der Waals surface area contributed by atoms with Crippen LogP contribution in [-0.4, -0.2) is 64.3 Å². The number of amides is 1. The van der Waals surface area contributed by atoms with Crippen molar-refractivity contribution in [2.75, 3.05) is 18.6 Å². The van der Waals surface area contributed by atoms with Crippen LogP contribution in [-0.2, 0) is 9.59 Å². The van der Waals surface area contributed by atoms with Gasteiger partial charge in [-0.1, -0.05) is 19.3 Å². The number of nitrogens with one attached hydrogen (secondary N) is 2.